The van der Waals surface area contributed by atoms with Crippen LogP contribution < -0.4 is 0 Å². The van der Waals surface area contributed by atoms with Crippen molar-refractivity contribution >= 4 is 0 Å². The smallest absolute Gasteiger partial charge is 0.155 e. The molecule has 0 amide bonds. The Balaban J connectivity index is 4.37. The topological polar surface area (TPSA) is 18.5 Å². The summed E-state index contributed by atoms with van der Waals surface area (Å²) in [5.74, 6) is 3.13. The first kappa shape index (κ1) is 17.5. The molecule has 0 saturated carbocycles. The van der Waals surface area contributed by atoms with Crippen LogP contribution in [0.3, 0.4) is 0 Å². The number of hydrogen-bond acceptors (Lipinski definition) is 2. The molecule has 0 bridgehead atoms. The van der Waals surface area contributed by atoms with E-state index in [0.29, 0.717) is 6.61 Å². The van der Waals surface area contributed by atoms with E-state index >= 15 is 0 Å². The third-order valence-corrected chi connectivity index (χ3v) is 3.14. The molecule has 0 saturated heterocycles. The molecule has 106 valence electrons. The largest absolute Gasteiger partial charge is 0.353 e. The molecule has 0 fully saturated rings. The van der Waals surface area contributed by atoms with Gasteiger partial charge in [0, 0.05) is 12.5 Å². The first-order valence-corrected chi connectivity index (χ1v) is 7.42. The van der Waals surface area contributed by atoms with E-state index < -0.39 is 0 Å². The quantitative estimate of drug-likeness (QED) is 0.402. The number of hydrogen-bond donors (Lipinski definition) is 0. The van der Waals surface area contributed by atoms with Gasteiger partial charge in [0.2, 0.25) is 0 Å². The molecule has 0 radical (unpaired) electrons. The summed E-state index contributed by atoms with van der Waals surface area (Å²) in [5.41, 5.74) is 0. The minimum Gasteiger partial charge on any atom is -0.353 e. The zero-order valence-corrected chi connectivity index (χ0v) is 12.6. The SMILES string of the molecule is C#C[C@@H](CCCC)[C@@H](CCCC)OC(C)OCC. The van der Waals surface area contributed by atoms with Gasteiger partial charge in [0.05, 0.1) is 6.10 Å². The van der Waals surface area contributed by atoms with Crippen LogP contribution in [0.15, 0.2) is 0 Å². The van der Waals surface area contributed by atoms with Crippen LogP contribution in [0.1, 0.15) is 66.2 Å². The minimum absolute atomic E-state index is 0.142. The van der Waals surface area contributed by atoms with Gasteiger partial charge in [-0.2, -0.15) is 0 Å². The predicted molar refractivity (Wildman–Crippen MR) is 77.3 cm³/mol. The van der Waals surface area contributed by atoms with Gasteiger partial charge in [-0.1, -0.05) is 39.5 Å². The molecule has 0 aliphatic carbocycles. The van der Waals surface area contributed by atoms with E-state index in [-0.39, 0.29) is 18.3 Å². The molecule has 0 heterocycles. The van der Waals surface area contributed by atoms with Gasteiger partial charge in [-0.05, 0) is 26.7 Å². The first-order valence-electron chi connectivity index (χ1n) is 7.42. The molecule has 0 aromatic heterocycles. The number of ether oxygens (including phenoxy) is 2. The van der Waals surface area contributed by atoms with Crippen molar-refractivity contribution in [3.05, 3.63) is 0 Å². The second kappa shape index (κ2) is 11.6. The molecule has 0 aliphatic rings. The highest BCUT2D eigenvalue weighted by molar-refractivity contribution is 4.97. The third-order valence-electron chi connectivity index (χ3n) is 3.14. The standard InChI is InChI=1S/C16H30O2/c1-6-10-12-15(8-3)16(13-11-7-2)18-14(5)17-9-4/h3,14-16H,6-7,9-13H2,1-2,4-5H3/t14?,15-,16+/m0/s1. The summed E-state index contributed by atoms with van der Waals surface area (Å²) in [4.78, 5) is 0. The van der Waals surface area contributed by atoms with Gasteiger partial charge in [0.15, 0.2) is 6.29 Å². The molecule has 2 nitrogen and oxygen atoms in total. The van der Waals surface area contributed by atoms with Crippen LogP contribution in [-0.2, 0) is 9.47 Å². The van der Waals surface area contributed by atoms with Crippen molar-refractivity contribution in [1.29, 1.82) is 0 Å². The van der Waals surface area contributed by atoms with Crippen LogP contribution in [0.5, 0.6) is 0 Å². The van der Waals surface area contributed by atoms with E-state index in [1.807, 2.05) is 13.8 Å². The van der Waals surface area contributed by atoms with Gasteiger partial charge in [0.25, 0.3) is 0 Å². The molecule has 0 aromatic rings. The van der Waals surface area contributed by atoms with Gasteiger partial charge in [-0.25, -0.2) is 0 Å². The Kier molecular flexibility index (Phi) is 11.2. The fourth-order valence-corrected chi connectivity index (χ4v) is 2.09. The maximum absolute atomic E-state index is 5.98. The van der Waals surface area contributed by atoms with Crippen LogP contribution >= 0.6 is 0 Å². The van der Waals surface area contributed by atoms with Gasteiger partial charge in [0.1, 0.15) is 0 Å². The Hall–Kier alpha value is -0.520. The third kappa shape index (κ3) is 7.74. The number of terminal acetylenes is 1. The van der Waals surface area contributed by atoms with Crippen molar-refractivity contribution in [2.75, 3.05) is 6.61 Å². The molecule has 18 heavy (non-hydrogen) atoms. The lowest BCUT2D eigenvalue weighted by atomic mass is 9.93. The zero-order valence-electron chi connectivity index (χ0n) is 12.6. The zero-order chi connectivity index (χ0) is 13.8. The fraction of sp³-hybridized carbons (Fsp3) is 0.875. The van der Waals surface area contributed by atoms with Crippen LogP contribution in [0.4, 0.5) is 0 Å². The molecule has 0 N–H and O–H groups in total. The second-order valence-electron chi connectivity index (χ2n) is 4.76. The fourth-order valence-electron chi connectivity index (χ4n) is 2.09. The summed E-state index contributed by atoms with van der Waals surface area (Å²) in [5, 5.41) is 0. The van der Waals surface area contributed by atoms with Crippen molar-refractivity contribution < 1.29 is 9.47 Å². The van der Waals surface area contributed by atoms with Crippen LogP contribution in [0.25, 0.3) is 0 Å². The minimum atomic E-state index is -0.158. The maximum Gasteiger partial charge on any atom is 0.155 e. The summed E-state index contributed by atoms with van der Waals surface area (Å²) in [6.07, 6.45) is 12.4. The molecule has 0 aromatic carbocycles. The van der Waals surface area contributed by atoms with E-state index in [4.69, 9.17) is 15.9 Å². The van der Waals surface area contributed by atoms with Crippen molar-refractivity contribution in [3.63, 3.8) is 0 Å². The average molecular weight is 254 g/mol. The van der Waals surface area contributed by atoms with Crippen molar-refractivity contribution in [1.82, 2.24) is 0 Å². The summed E-state index contributed by atoms with van der Waals surface area (Å²) in [6, 6.07) is 0. The highest BCUT2D eigenvalue weighted by Crippen LogP contribution is 2.21. The molecular weight excluding hydrogens is 224 g/mol. The van der Waals surface area contributed by atoms with Crippen molar-refractivity contribution in [3.8, 4) is 12.3 Å². The molecule has 1 unspecified atom stereocenters. The van der Waals surface area contributed by atoms with Gasteiger partial charge >= 0.3 is 0 Å². The summed E-state index contributed by atoms with van der Waals surface area (Å²) in [6.45, 7) is 9.00. The number of unbranched alkanes of at least 4 members (excludes halogenated alkanes) is 2. The van der Waals surface area contributed by atoms with Gasteiger partial charge in [-0.15, -0.1) is 12.3 Å². The van der Waals surface area contributed by atoms with Crippen LogP contribution in [0.2, 0.25) is 0 Å². The Morgan fingerprint density at radius 3 is 2.17 bits per heavy atom. The molecule has 2 heteroatoms. The second-order valence-corrected chi connectivity index (χ2v) is 4.76. The lowest BCUT2D eigenvalue weighted by Gasteiger charge is -2.27. The van der Waals surface area contributed by atoms with Crippen LogP contribution in [-0.4, -0.2) is 19.0 Å². The van der Waals surface area contributed by atoms with Crippen molar-refractivity contribution in [2.24, 2.45) is 5.92 Å². The summed E-state index contributed by atoms with van der Waals surface area (Å²) in [7, 11) is 0. The first-order chi connectivity index (χ1) is 8.69. The van der Waals surface area contributed by atoms with E-state index in [0.717, 1.165) is 19.3 Å². The van der Waals surface area contributed by atoms with E-state index in [1.54, 1.807) is 0 Å². The monoisotopic (exact) mass is 254 g/mol. The summed E-state index contributed by atoms with van der Waals surface area (Å²) >= 11 is 0. The molecule has 3 atom stereocenters. The summed E-state index contributed by atoms with van der Waals surface area (Å²) < 4.78 is 11.4. The molecule has 0 rings (SSSR count). The molecule has 0 aliphatic heterocycles. The lowest BCUT2D eigenvalue weighted by Crippen LogP contribution is -2.29. The average Bonchev–Trinajstić information content (AvgIpc) is 2.36. The normalized spacial score (nSPS) is 15.9. The van der Waals surface area contributed by atoms with Gasteiger partial charge < -0.3 is 9.47 Å². The highest BCUT2D eigenvalue weighted by Gasteiger charge is 2.21. The Labute approximate surface area is 113 Å². The number of rotatable bonds is 11. The van der Waals surface area contributed by atoms with E-state index in [2.05, 4.69) is 19.8 Å². The van der Waals surface area contributed by atoms with E-state index in [1.165, 1.54) is 19.3 Å². The predicted octanol–water partition coefficient (Wildman–Crippen LogP) is 4.38. The van der Waals surface area contributed by atoms with Gasteiger partial charge in [-0.3, -0.25) is 0 Å². The molecule has 0 spiro atoms. The van der Waals surface area contributed by atoms with Crippen LogP contribution in [0, 0.1) is 18.3 Å². The maximum atomic E-state index is 5.98. The Morgan fingerprint density at radius 2 is 1.67 bits per heavy atom. The lowest BCUT2D eigenvalue weighted by molar-refractivity contribution is -0.167. The van der Waals surface area contributed by atoms with Crippen molar-refractivity contribution in [2.45, 2.75) is 78.6 Å². The Morgan fingerprint density at radius 1 is 1.06 bits per heavy atom. The Bertz CT molecular complexity index is 220. The molecular formula is C16H30O2. The van der Waals surface area contributed by atoms with E-state index in [9.17, 15) is 0 Å². The highest BCUT2D eigenvalue weighted by atomic mass is 16.7.